The molecule has 3 aromatic rings. The minimum atomic E-state index is -3.78. The second-order valence-corrected chi connectivity index (χ2v) is 7.43. The third-order valence-electron chi connectivity index (χ3n) is 3.70. The zero-order chi connectivity index (χ0) is 17.2. The normalized spacial score (nSPS) is 11.2. The summed E-state index contributed by atoms with van der Waals surface area (Å²) in [6.45, 7) is 1.78. The van der Waals surface area contributed by atoms with Crippen LogP contribution in [0, 0.1) is 6.92 Å². The highest BCUT2D eigenvalue weighted by atomic mass is 35.5. The molecule has 122 valence electrons. The van der Waals surface area contributed by atoms with Gasteiger partial charge in [0, 0.05) is 5.56 Å². The highest BCUT2D eigenvalue weighted by Crippen LogP contribution is 2.31. The maximum Gasteiger partial charge on any atom is 0.263 e. The van der Waals surface area contributed by atoms with Crippen LogP contribution in [0.1, 0.15) is 5.56 Å². The van der Waals surface area contributed by atoms with Crippen LogP contribution < -0.4 is 4.72 Å². The number of rotatable bonds is 4. The SMILES string of the molecule is Cc1cccc(S(=O)(=O)Nc2ccccc2-c2ccccc2)c1Cl. The number of sulfonamides is 1. The van der Waals surface area contributed by atoms with Crippen LogP contribution in [0.15, 0.2) is 77.7 Å². The van der Waals surface area contributed by atoms with Crippen molar-refractivity contribution >= 4 is 27.3 Å². The van der Waals surface area contributed by atoms with Crippen LogP contribution >= 0.6 is 11.6 Å². The molecule has 0 atom stereocenters. The molecule has 3 rings (SSSR count). The van der Waals surface area contributed by atoms with Crippen molar-refractivity contribution in [2.75, 3.05) is 4.72 Å². The Hall–Kier alpha value is -2.30. The third-order valence-corrected chi connectivity index (χ3v) is 5.72. The van der Waals surface area contributed by atoms with E-state index in [0.29, 0.717) is 5.69 Å². The molecule has 0 aromatic heterocycles. The number of para-hydroxylation sites is 1. The first-order valence-corrected chi connectivity index (χ1v) is 9.27. The van der Waals surface area contributed by atoms with Crippen LogP contribution in [0.5, 0.6) is 0 Å². The molecule has 0 spiro atoms. The summed E-state index contributed by atoms with van der Waals surface area (Å²) in [6.07, 6.45) is 0. The van der Waals surface area contributed by atoms with Gasteiger partial charge in [0.2, 0.25) is 0 Å². The Labute approximate surface area is 147 Å². The van der Waals surface area contributed by atoms with Gasteiger partial charge in [-0.1, -0.05) is 72.3 Å². The molecule has 0 aliphatic heterocycles. The summed E-state index contributed by atoms with van der Waals surface area (Å²) in [5.74, 6) is 0. The maximum atomic E-state index is 12.8. The zero-order valence-electron chi connectivity index (χ0n) is 13.0. The summed E-state index contributed by atoms with van der Waals surface area (Å²) >= 11 is 6.18. The van der Waals surface area contributed by atoms with Crippen LogP contribution in [0.4, 0.5) is 5.69 Å². The van der Waals surface area contributed by atoms with E-state index in [1.807, 2.05) is 42.5 Å². The number of aryl methyl sites for hydroxylation is 1. The second-order valence-electron chi connectivity index (χ2n) is 5.40. The van der Waals surface area contributed by atoms with Gasteiger partial charge in [-0.15, -0.1) is 0 Å². The molecule has 0 aliphatic carbocycles. The summed E-state index contributed by atoms with van der Waals surface area (Å²) in [5.41, 5.74) is 2.98. The van der Waals surface area contributed by atoms with Gasteiger partial charge in [0.1, 0.15) is 4.90 Å². The van der Waals surface area contributed by atoms with Gasteiger partial charge in [0.25, 0.3) is 10.0 Å². The van der Waals surface area contributed by atoms with E-state index in [0.717, 1.165) is 16.7 Å². The van der Waals surface area contributed by atoms with Crippen LogP contribution in [0.25, 0.3) is 11.1 Å². The van der Waals surface area contributed by atoms with Crippen molar-refractivity contribution in [3.63, 3.8) is 0 Å². The second kappa shape index (κ2) is 6.67. The van der Waals surface area contributed by atoms with Gasteiger partial charge in [-0.05, 0) is 30.2 Å². The highest BCUT2D eigenvalue weighted by Gasteiger charge is 2.20. The first-order chi connectivity index (χ1) is 11.5. The van der Waals surface area contributed by atoms with Crippen molar-refractivity contribution in [2.24, 2.45) is 0 Å². The van der Waals surface area contributed by atoms with E-state index in [1.54, 1.807) is 31.2 Å². The molecule has 0 unspecified atom stereocenters. The van der Waals surface area contributed by atoms with Gasteiger partial charge >= 0.3 is 0 Å². The molecule has 0 radical (unpaired) electrons. The van der Waals surface area contributed by atoms with Crippen molar-refractivity contribution in [3.8, 4) is 11.1 Å². The summed E-state index contributed by atoms with van der Waals surface area (Å²) in [6, 6.07) is 21.9. The average Bonchev–Trinajstić information content (AvgIpc) is 2.58. The van der Waals surface area contributed by atoms with Gasteiger partial charge in [-0.25, -0.2) is 8.42 Å². The minimum absolute atomic E-state index is 0.0760. The van der Waals surface area contributed by atoms with Crippen LogP contribution in [0.2, 0.25) is 5.02 Å². The zero-order valence-corrected chi connectivity index (χ0v) is 14.6. The monoisotopic (exact) mass is 357 g/mol. The fourth-order valence-corrected chi connectivity index (χ4v) is 4.13. The van der Waals surface area contributed by atoms with Crippen LogP contribution in [0.3, 0.4) is 0 Å². The lowest BCUT2D eigenvalue weighted by Gasteiger charge is -2.14. The van der Waals surface area contributed by atoms with Crippen molar-refractivity contribution in [1.82, 2.24) is 0 Å². The summed E-state index contributed by atoms with van der Waals surface area (Å²) in [5, 5.41) is 0.238. The van der Waals surface area contributed by atoms with E-state index < -0.39 is 10.0 Å². The molecule has 0 aliphatic rings. The number of benzene rings is 3. The lowest BCUT2D eigenvalue weighted by Crippen LogP contribution is -2.14. The largest absolute Gasteiger partial charge is 0.279 e. The van der Waals surface area contributed by atoms with Crippen molar-refractivity contribution in [1.29, 1.82) is 0 Å². The predicted molar refractivity (Wildman–Crippen MR) is 98.9 cm³/mol. The molecule has 24 heavy (non-hydrogen) atoms. The smallest absolute Gasteiger partial charge is 0.263 e. The fourth-order valence-electron chi connectivity index (χ4n) is 2.47. The van der Waals surface area contributed by atoms with E-state index >= 15 is 0 Å². The molecule has 0 bridgehead atoms. The standard InChI is InChI=1S/C19H16ClNO2S/c1-14-8-7-13-18(19(14)20)24(22,23)21-17-12-6-5-11-16(17)15-9-3-2-4-10-15/h2-13,21H,1H3. The summed E-state index contributed by atoms with van der Waals surface area (Å²) in [4.78, 5) is 0.0760. The molecule has 0 heterocycles. The third kappa shape index (κ3) is 3.30. The van der Waals surface area contributed by atoms with Crippen LogP contribution in [-0.2, 0) is 10.0 Å². The minimum Gasteiger partial charge on any atom is -0.279 e. The maximum absolute atomic E-state index is 12.8. The number of nitrogens with one attached hydrogen (secondary N) is 1. The molecule has 3 nitrogen and oxygen atoms in total. The van der Waals surface area contributed by atoms with E-state index in [-0.39, 0.29) is 9.92 Å². The topological polar surface area (TPSA) is 46.2 Å². The average molecular weight is 358 g/mol. The van der Waals surface area contributed by atoms with Gasteiger partial charge in [0.15, 0.2) is 0 Å². The summed E-state index contributed by atoms with van der Waals surface area (Å²) < 4.78 is 28.2. The quantitative estimate of drug-likeness (QED) is 0.704. The Balaban J connectivity index is 2.05. The van der Waals surface area contributed by atoms with Crippen molar-refractivity contribution in [3.05, 3.63) is 83.4 Å². The molecular formula is C19H16ClNO2S. The molecule has 3 aromatic carbocycles. The molecule has 0 saturated heterocycles. The molecule has 0 amide bonds. The number of halogens is 1. The molecule has 0 saturated carbocycles. The van der Waals surface area contributed by atoms with E-state index in [2.05, 4.69) is 4.72 Å². The molecule has 0 fully saturated rings. The number of hydrogen-bond acceptors (Lipinski definition) is 2. The highest BCUT2D eigenvalue weighted by molar-refractivity contribution is 7.92. The first-order valence-electron chi connectivity index (χ1n) is 7.41. The van der Waals surface area contributed by atoms with Crippen molar-refractivity contribution in [2.45, 2.75) is 11.8 Å². The Bertz CT molecular complexity index is 970. The fraction of sp³-hybridized carbons (Fsp3) is 0.0526. The Kier molecular flexibility index (Phi) is 4.60. The lowest BCUT2D eigenvalue weighted by molar-refractivity contribution is 0.601. The van der Waals surface area contributed by atoms with Gasteiger partial charge < -0.3 is 0 Å². The molecular weight excluding hydrogens is 342 g/mol. The summed E-state index contributed by atoms with van der Waals surface area (Å²) in [7, 11) is -3.78. The number of hydrogen-bond donors (Lipinski definition) is 1. The van der Waals surface area contributed by atoms with E-state index in [9.17, 15) is 8.42 Å². The predicted octanol–water partition coefficient (Wildman–Crippen LogP) is 5.12. The molecule has 1 N–H and O–H groups in total. The number of anilines is 1. The van der Waals surface area contributed by atoms with Gasteiger partial charge in [-0.3, -0.25) is 4.72 Å². The first kappa shape index (κ1) is 16.6. The Morgan fingerprint density at radius 1 is 0.833 bits per heavy atom. The Morgan fingerprint density at radius 2 is 1.50 bits per heavy atom. The van der Waals surface area contributed by atoms with Crippen LogP contribution in [-0.4, -0.2) is 8.42 Å². The lowest BCUT2D eigenvalue weighted by atomic mass is 10.0. The van der Waals surface area contributed by atoms with Gasteiger partial charge in [0.05, 0.1) is 10.7 Å². The van der Waals surface area contributed by atoms with E-state index in [1.165, 1.54) is 6.07 Å². The molecule has 5 heteroatoms. The Morgan fingerprint density at radius 3 is 2.25 bits per heavy atom. The van der Waals surface area contributed by atoms with E-state index in [4.69, 9.17) is 11.6 Å². The van der Waals surface area contributed by atoms with Crippen molar-refractivity contribution < 1.29 is 8.42 Å². The van der Waals surface area contributed by atoms with Gasteiger partial charge in [-0.2, -0.15) is 0 Å².